The van der Waals surface area contributed by atoms with E-state index in [2.05, 4.69) is 36.5 Å². The molecule has 0 amide bonds. The maximum Gasteiger partial charge on any atom is 0.119 e. The zero-order valence-corrected chi connectivity index (χ0v) is 13.6. The minimum Gasteiger partial charge on any atom is -0.494 e. The Kier molecular flexibility index (Phi) is 6.01. The van der Waals surface area contributed by atoms with Crippen molar-refractivity contribution in [2.45, 2.75) is 33.6 Å². The van der Waals surface area contributed by atoms with E-state index in [1.54, 1.807) is 0 Å². The van der Waals surface area contributed by atoms with E-state index in [0.29, 0.717) is 0 Å². The van der Waals surface area contributed by atoms with Crippen LogP contribution in [0.25, 0.3) is 0 Å². The molecule has 116 valence electrons. The summed E-state index contributed by atoms with van der Waals surface area (Å²) in [5.41, 5.74) is 7.34. The lowest BCUT2D eigenvalue weighted by atomic mass is 10.1. The summed E-state index contributed by atoms with van der Waals surface area (Å²) in [5.74, 6) is 0.913. The third-order valence-corrected chi connectivity index (χ3v) is 3.44. The second kappa shape index (κ2) is 8.23. The highest BCUT2D eigenvalue weighted by atomic mass is 16.5. The smallest absolute Gasteiger partial charge is 0.119 e. The minimum absolute atomic E-state index is 0.776. The van der Waals surface area contributed by atoms with Crippen molar-refractivity contribution in [3.8, 4) is 5.75 Å². The van der Waals surface area contributed by atoms with Gasteiger partial charge in [0.05, 0.1) is 18.0 Å². The van der Waals surface area contributed by atoms with Crippen LogP contribution >= 0.6 is 0 Å². The van der Waals surface area contributed by atoms with Gasteiger partial charge in [-0.25, -0.2) is 0 Å². The van der Waals surface area contributed by atoms with E-state index < -0.39 is 0 Å². The molecule has 0 spiro atoms. The van der Waals surface area contributed by atoms with Crippen molar-refractivity contribution in [2.24, 2.45) is 5.10 Å². The molecular formula is C19H24N2O. The lowest BCUT2D eigenvalue weighted by molar-refractivity contribution is 0.309. The van der Waals surface area contributed by atoms with Crippen molar-refractivity contribution in [3.63, 3.8) is 0 Å². The number of unbranched alkanes of at least 4 members (excludes halogenated alkanes) is 1. The number of aryl methyl sites for hydroxylation is 1. The first-order chi connectivity index (χ1) is 10.7. The first kappa shape index (κ1) is 16.1. The molecule has 0 fully saturated rings. The van der Waals surface area contributed by atoms with Crippen LogP contribution in [0, 0.1) is 6.92 Å². The highest BCUT2D eigenvalue weighted by Gasteiger charge is 1.99. The highest BCUT2D eigenvalue weighted by molar-refractivity contribution is 5.99. The first-order valence-corrected chi connectivity index (χ1v) is 7.79. The molecule has 0 saturated heterocycles. The molecule has 0 heterocycles. The Bertz CT molecular complexity index is 600. The van der Waals surface area contributed by atoms with Crippen LogP contribution in [0.5, 0.6) is 5.75 Å². The topological polar surface area (TPSA) is 33.6 Å². The molecule has 0 bridgehead atoms. The van der Waals surface area contributed by atoms with Crippen molar-refractivity contribution in [2.75, 3.05) is 12.0 Å². The van der Waals surface area contributed by atoms with Gasteiger partial charge < -0.3 is 4.74 Å². The van der Waals surface area contributed by atoms with E-state index in [0.717, 1.165) is 42.2 Å². The second-order valence-corrected chi connectivity index (χ2v) is 5.40. The Morgan fingerprint density at radius 3 is 2.36 bits per heavy atom. The number of hydrogen-bond acceptors (Lipinski definition) is 3. The third kappa shape index (κ3) is 4.92. The van der Waals surface area contributed by atoms with Gasteiger partial charge in [0.25, 0.3) is 0 Å². The van der Waals surface area contributed by atoms with Crippen LogP contribution in [-0.2, 0) is 0 Å². The number of anilines is 1. The fourth-order valence-electron chi connectivity index (χ4n) is 1.97. The number of nitrogens with one attached hydrogen (secondary N) is 1. The summed E-state index contributed by atoms with van der Waals surface area (Å²) in [6.07, 6.45) is 2.23. The molecule has 0 unspecified atom stereocenters. The molecule has 2 rings (SSSR count). The van der Waals surface area contributed by atoms with E-state index in [9.17, 15) is 0 Å². The van der Waals surface area contributed by atoms with Crippen LogP contribution in [0.15, 0.2) is 53.6 Å². The average Bonchev–Trinajstić information content (AvgIpc) is 2.55. The van der Waals surface area contributed by atoms with Gasteiger partial charge in [-0.15, -0.1) is 0 Å². The van der Waals surface area contributed by atoms with E-state index >= 15 is 0 Å². The molecule has 2 aromatic carbocycles. The fourth-order valence-corrected chi connectivity index (χ4v) is 1.97. The van der Waals surface area contributed by atoms with Crippen molar-refractivity contribution >= 4 is 11.4 Å². The highest BCUT2D eigenvalue weighted by Crippen LogP contribution is 2.14. The molecule has 3 heteroatoms. The SMILES string of the molecule is CCCCOc1ccc(/C(C)=N/Nc2ccc(C)cc2)cc1. The molecule has 2 aromatic rings. The van der Waals surface area contributed by atoms with E-state index in [4.69, 9.17) is 4.74 Å². The molecule has 0 aliphatic carbocycles. The lowest BCUT2D eigenvalue weighted by Gasteiger charge is -2.07. The van der Waals surface area contributed by atoms with Crippen LogP contribution in [0.4, 0.5) is 5.69 Å². The molecule has 0 atom stereocenters. The predicted octanol–water partition coefficient (Wildman–Crippen LogP) is 5.01. The van der Waals surface area contributed by atoms with E-state index in [1.807, 2.05) is 43.3 Å². The molecule has 0 aliphatic rings. The van der Waals surface area contributed by atoms with Crippen molar-refractivity contribution < 1.29 is 4.74 Å². The number of hydrazone groups is 1. The van der Waals surface area contributed by atoms with Gasteiger partial charge in [0.1, 0.15) is 5.75 Å². The molecule has 0 saturated carbocycles. The van der Waals surface area contributed by atoms with Gasteiger partial charge in [0.2, 0.25) is 0 Å². The molecule has 22 heavy (non-hydrogen) atoms. The standard InChI is InChI=1S/C19H24N2O/c1-4-5-14-22-19-12-8-17(9-13-19)16(3)20-21-18-10-6-15(2)7-11-18/h6-13,21H,4-5,14H2,1-3H3/b20-16+. The minimum atomic E-state index is 0.776. The summed E-state index contributed by atoms with van der Waals surface area (Å²) in [6.45, 7) is 7.00. The summed E-state index contributed by atoms with van der Waals surface area (Å²) in [6, 6.07) is 16.2. The Hall–Kier alpha value is -2.29. The van der Waals surface area contributed by atoms with Gasteiger partial charge >= 0.3 is 0 Å². The fraction of sp³-hybridized carbons (Fsp3) is 0.316. The lowest BCUT2D eigenvalue weighted by Crippen LogP contribution is -2.00. The number of hydrogen-bond donors (Lipinski definition) is 1. The summed E-state index contributed by atoms with van der Waals surface area (Å²) in [7, 11) is 0. The van der Waals surface area contributed by atoms with Gasteiger partial charge in [-0.05, 0) is 62.2 Å². The number of rotatable bonds is 7. The van der Waals surface area contributed by atoms with Crippen molar-refractivity contribution in [1.82, 2.24) is 0 Å². The molecule has 1 N–H and O–H groups in total. The number of ether oxygens (including phenoxy) is 1. The number of nitrogens with zero attached hydrogens (tertiary/aromatic N) is 1. The molecule has 3 nitrogen and oxygen atoms in total. The van der Waals surface area contributed by atoms with Crippen LogP contribution in [-0.4, -0.2) is 12.3 Å². The quantitative estimate of drug-likeness (QED) is 0.442. The molecule has 0 aromatic heterocycles. The second-order valence-electron chi connectivity index (χ2n) is 5.40. The van der Waals surface area contributed by atoms with Gasteiger partial charge in [-0.1, -0.05) is 31.0 Å². The van der Waals surface area contributed by atoms with Crippen LogP contribution in [0.1, 0.15) is 37.8 Å². The van der Waals surface area contributed by atoms with Gasteiger partial charge in [0, 0.05) is 0 Å². The molecular weight excluding hydrogens is 272 g/mol. The first-order valence-electron chi connectivity index (χ1n) is 7.79. The van der Waals surface area contributed by atoms with Crippen LogP contribution in [0.2, 0.25) is 0 Å². The molecule has 0 aliphatic heterocycles. The van der Waals surface area contributed by atoms with Crippen molar-refractivity contribution in [1.29, 1.82) is 0 Å². The summed E-state index contributed by atoms with van der Waals surface area (Å²) >= 11 is 0. The predicted molar refractivity (Wildman–Crippen MR) is 93.9 cm³/mol. The average molecular weight is 296 g/mol. The van der Waals surface area contributed by atoms with Crippen LogP contribution < -0.4 is 10.2 Å². The zero-order chi connectivity index (χ0) is 15.8. The monoisotopic (exact) mass is 296 g/mol. The Morgan fingerprint density at radius 1 is 1.05 bits per heavy atom. The zero-order valence-electron chi connectivity index (χ0n) is 13.6. The van der Waals surface area contributed by atoms with Gasteiger partial charge in [0.15, 0.2) is 0 Å². The maximum atomic E-state index is 5.67. The Morgan fingerprint density at radius 2 is 1.73 bits per heavy atom. The van der Waals surface area contributed by atoms with Crippen LogP contribution in [0.3, 0.4) is 0 Å². The summed E-state index contributed by atoms with van der Waals surface area (Å²) < 4.78 is 5.67. The van der Waals surface area contributed by atoms with E-state index in [-0.39, 0.29) is 0 Å². The normalized spacial score (nSPS) is 11.3. The number of benzene rings is 2. The largest absolute Gasteiger partial charge is 0.494 e. The van der Waals surface area contributed by atoms with Crippen molar-refractivity contribution in [3.05, 3.63) is 59.7 Å². The summed E-state index contributed by atoms with van der Waals surface area (Å²) in [4.78, 5) is 0. The van der Waals surface area contributed by atoms with E-state index in [1.165, 1.54) is 5.56 Å². The maximum absolute atomic E-state index is 5.67. The Labute approximate surface area is 133 Å². The molecule has 0 radical (unpaired) electrons. The van der Waals surface area contributed by atoms with Gasteiger partial charge in [-0.3, -0.25) is 5.43 Å². The summed E-state index contributed by atoms with van der Waals surface area (Å²) in [5, 5.41) is 4.43. The van der Waals surface area contributed by atoms with Gasteiger partial charge in [-0.2, -0.15) is 5.10 Å². The Balaban J connectivity index is 1.95. The third-order valence-electron chi connectivity index (χ3n) is 3.44.